The van der Waals surface area contributed by atoms with Gasteiger partial charge in [-0.2, -0.15) is 0 Å². The van der Waals surface area contributed by atoms with E-state index >= 15 is 0 Å². The van der Waals surface area contributed by atoms with Crippen LogP contribution < -0.4 is 15.1 Å². The summed E-state index contributed by atoms with van der Waals surface area (Å²) in [6, 6.07) is 24.8. The van der Waals surface area contributed by atoms with E-state index in [1.54, 1.807) is 18.3 Å². The molecule has 5 rings (SSSR count). The van der Waals surface area contributed by atoms with Crippen molar-refractivity contribution in [1.82, 2.24) is 14.9 Å². The lowest BCUT2D eigenvalue weighted by molar-refractivity contribution is 0.0697. The van der Waals surface area contributed by atoms with Crippen molar-refractivity contribution in [2.24, 2.45) is 0 Å². The molecule has 1 aliphatic heterocycles. The lowest BCUT2D eigenvalue weighted by Crippen LogP contribution is -2.30. The van der Waals surface area contributed by atoms with E-state index in [4.69, 9.17) is 12.2 Å². The number of carboxylic acids is 1. The van der Waals surface area contributed by atoms with Gasteiger partial charge in [0.1, 0.15) is 6.04 Å². The minimum atomic E-state index is -0.947. The van der Waals surface area contributed by atoms with E-state index in [-0.39, 0.29) is 17.6 Å². The highest BCUT2D eigenvalue weighted by Crippen LogP contribution is 2.42. The highest BCUT2D eigenvalue weighted by molar-refractivity contribution is 7.80. The molecule has 176 valence electrons. The lowest BCUT2D eigenvalue weighted by Gasteiger charge is -2.29. The Labute approximate surface area is 209 Å². The van der Waals surface area contributed by atoms with Gasteiger partial charge in [-0.15, -0.1) is 0 Å². The number of nitrogens with zero attached hydrogens (tertiary/aromatic N) is 4. The SMILES string of the molecule is CN(C)c1ccc(N2C(=S)NC(c3ccccn3)C2c2cccn2-c2ccc(C(=O)O)cc2)cc1. The molecule has 35 heavy (non-hydrogen) atoms. The first kappa shape index (κ1) is 22.6. The molecule has 3 heterocycles. The number of thiocarbonyl (C=S) groups is 1. The number of hydrogen-bond donors (Lipinski definition) is 2. The number of rotatable bonds is 6. The molecule has 4 aromatic rings. The molecule has 0 amide bonds. The zero-order valence-electron chi connectivity index (χ0n) is 19.4. The third-order valence-corrected chi connectivity index (χ3v) is 6.53. The Morgan fingerprint density at radius 1 is 0.971 bits per heavy atom. The zero-order chi connectivity index (χ0) is 24.5. The van der Waals surface area contributed by atoms with E-state index in [1.165, 1.54) is 0 Å². The average molecular weight is 484 g/mol. The Kier molecular flexibility index (Phi) is 5.96. The van der Waals surface area contributed by atoms with Crippen molar-refractivity contribution in [3.05, 3.63) is 108 Å². The summed E-state index contributed by atoms with van der Waals surface area (Å²) in [6.45, 7) is 0. The molecule has 1 saturated heterocycles. The fraction of sp³-hybridized carbons (Fsp3) is 0.148. The van der Waals surface area contributed by atoms with Crippen molar-refractivity contribution >= 4 is 34.7 Å². The van der Waals surface area contributed by atoms with Crippen LogP contribution in [0.4, 0.5) is 11.4 Å². The summed E-state index contributed by atoms with van der Waals surface area (Å²) in [5.74, 6) is -0.947. The topological polar surface area (TPSA) is 73.6 Å². The predicted octanol–water partition coefficient (Wildman–Crippen LogP) is 4.81. The largest absolute Gasteiger partial charge is 0.478 e. The maximum Gasteiger partial charge on any atom is 0.335 e. The Morgan fingerprint density at radius 3 is 2.31 bits per heavy atom. The molecule has 1 aliphatic rings. The van der Waals surface area contributed by atoms with Gasteiger partial charge in [-0.3, -0.25) is 4.98 Å². The van der Waals surface area contributed by atoms with Gasteiger partial charge in [0, 0.05) is 49.2 Å². The Morgan fingerprint density at radius 2 is 1.69 bits per heavy atom. The molecule has 0 spiro atoms. The molecule has 2 unspecified atom stereocenters. The first-order chi connectivity index (χ1) is 16.9. The van der Waals surface area contributed by atoms with Gasteiger partial charge in [-0.1, -0.05) is 6.07 Å². The molecule has 0 bridgehead atoms. The van der Waals surface area contributed by atoms with Gasteiger partial charge < -0.3 is 24.8 Å². The standard InChI is InChI=1S/C27H25N5O2S/c1-30(2)19-12-14-21(15-13-19)32-25(24(29-27(32)35)22-6-3-4-16-28-22)23-7-5-17-31(23)20-10-8-18(9-11-20)26(33)34/h3-17,24-25H,1-2H3,(H,29,35)(H,33,34). The highest BCUT2D eigenvalue weighted by atomic mass is 32.1. The van der Waals surface area contributed by atoms with E-state index < -0.39 is 5.97 Å². The molecule has 2 aromatic heterocycles. The zero-order valence-corrected chi connectivity index (χ0v) is 20.2. The monoisotopic (exact) mass is 483 g/mol. The normalized spacial score (nSPS) is 17.3. The van der Waals surface area contributed by atoms with Crippen LogP contribution in [-0.4, -0.2) is 39.8 Å². The fourth-order valence-electron chi connectivity index (χ4n) is 4.48. The van der Waals surface area contributed by atoms with Crippen molar-refractivity contribution in [2.75, 3.05) is 23.9 Å². The highest BCUT2D eigenvalue weighted by Gasteiger charge is 2.42. The number of aromatic carboxylic acids is 1. The van der Waals surface area contributed by atoms with Crippen molar-refractivity contribution in [2.45, 2.75) is 12.1 Å². The van der Waals surface area contributed by atoms with Crippen molar-refractivity contribution in [3.8, 4) is 5.69 Å². The number of aromatic nitrogens is 2. The van der Waals surface area contributed by atoms with Gasteiger partial charge in [0.15, 0.2) is 5.11 Å². The van der Waals surface area contributed by atoms with Crippen LogP contribution in [0.15, 0.2) is 91.3 Å². The smallest absolute Gasteiger partial charge is 0.335 e. The summed E-state index contributed by atoms with van der Waals surface area (Å²) in [7, 11) is 4.03. The van der Waals surface area contributed by atoms with Gasteiger partial charge in [0.25, 0.3) is 0 Å². The predicted molar refractivity (Wildman–Crippen MR) is 141 cm³/mol. The molecule has 7 nitrogen and oxygen atoms in total. The van der Waals surface area contributed by atoms with Gasteiger partial charge in [0.2, 0.25) is 0 Å². The maximum atomic E-state index is 11.3. The van der Waals surface area contributed by atoms with Gasteiger partial charge in [-0.05, 0) is 85.0 Å². The van der Waals surface area contributed by atoms with E-state index in [9.17, 15) is 9.90 Å². The third-order valence-electron chi connectivity index (χ3n) is 6.22. The van der Waals surface area contributed by atoms with Crippen LogP contribution in [0.3, 0.4) is 0 Å². The molecule has 1 fully saturated rings. The number of carboxylic acid groups (broad SMARTS) is 1. The number of pyridine rings is 1. The molecular weight excluding hydrogens is 458 g/mol. The van der Waals surface area contributed by atoms with Crippen molar-refractivity contribution in [1.29, 1.82) is 0 Å². The van der Waals surface area contributed by atoms with Gasteiger partial charge in [-0.25, -0.2) is 4.79 Å². The van der Waals surface area contributed by atoms with Crippen LogP contribution in [0, 0.1) is 0 Å². The van der Waals surface area contributed by atoms with E-state index in [0.29, 0.717) is 5.11 Å². The fourth-order valence-corrected chi connectivity index (χ4v) is 4.83. The van der Waals surface area contributed by atoms with E-state index in [2.05, 4.69) is 55.0 Å². The first-order valence-electron chi connectivity index (χ1n) is 11.2. The first-order valence-corrected chi connectivity index (χ1v) is 11.6. The third kappa shape index (κ3) is 4.24. The summed E-state index contributed by atoms with van der Waals surface area (Å²) in [6.07, 6.45) is 3.77. The van der Waals surface area contributed by atoms with E-state index in [0.717, 1.165) is 28.5 Å². The quantitative estimate of drug-likeness (QED) is 0.381. The van der Waals surface area contributed by atoms with Crippen LogP contribution >= 0.6 is 12.2 Å². The second-order valence-electron chi connectivity index (χ2n) is 8.56. The molecule has 2 atom stereocenters. The van der Waals surface area contributed by atoms with Crippen LogP contribution in [0.5, 0.6) is 0 Å². The van der Waals surface area contributed by atoms with Crippen LogP contribution in [0.2, 0.25) is 0 Å². The Bertz CT molecular complexity index is 1350. The van der Waals surface area contributed by atoms with Gasteiger partial charge >= 0.3 is 5.97 Å². The van der Waals surface area contributed by atoms with Crippen LogP contribution in [-0.2, 0) is 0 Å². The number of benzene rings is 2. The number of carbonyl (C=O) groups is 1. The average Bonchev–Trinajstić information content (AvgIpc) is 3.49. The summed E-state index contributed by atoms with van der Waals surface area (Å²) in [4.78, 5) is 20.1. The lowest BCUT2D eigenvalue weighted by atomic mass is 10.0. The van der Waals surface area contributed by atoms with Crippen LogP contribution in [0.1, 0.15) is 33.8 Å². The molecule has 0 aliphatic carbocycles. The van der Waals surface area contributed by atoms with Crippen molar-refractivity contribution < 1.29 is 9.90 Å². The number of nitrogens with one attached hydrogen (secondary N) is 1. The summed E-state index contributed by atoms with van der Waals surface area (Å²) in [5.41, 5.74) is 5.10. The minimum absolute atomic E-state index is 0.177. The molecule has 2 N–H and O–H groups in total. The Balaban J connectivity index is 1.62. The maximum absolute atomic E-state index is 11.3. The van der Waals surface area contributed by atoms with E-state index in [1.807, 2.05) is 56.7 Å². The van der Waals surface area contributed by atoms with Crippen LogP contribution in [0.25, 0.3) is 5.69 Å². The minimum Gasteiger partial charge on any atom is -0.478 e. The molecular formula is C27H25N5O2S. The van der Waals surface area contributed by atoms with Gasteiger partial charge in [0.05, 0.1) is 17.3 Å². The molecule has 0 radical (unpaired) electrons. The number of anilines is 2. The summed E-state index contributed by atoms with van der Waals surface area (Å²) >= 11 is 5.84. The number of hydrogen-bond acceptors (Lipinski definition) is 4. The molecule has 2 aromatic carbocycles. The summed E-state index contributed by atoms with van der Waals surface area (Å²) in [5, 5.41) is 13.4. The second kappa shape index (κ2) is 9.23. The molecule has 0 saturated carbocycles. The van der Waals surface area contributed by atoms with Crippen molar-refractivity contribution in [3.63, 3.8) is 0 Å². The summed E-state index contributed by atoms with van der Waals surface area (Å²) < 4.78 is 2.07. The second-order valence-corrected chi connectivity index (χ2v) is 8.95. The Hall–Kier alpha value is -4.17. The molecule has 8 heteroatoms.